The van der Waals surface area contributed by atoms with Gasteiger partial charge in [0.1, 0.15) is 18.5 Å². The molecule has 0 saturated carbocycles. The van der Waals surface area contributed by atoms with E-state index in [1.54, 1.807) is 18.5 Å². The maximum Gasteiger partial charge on any atom is 0.122 e. The van der Waals surface area contributed by atoms with Gasteiger partial charge in [-0.2, -0.15) is 0 Å². The van der Waals surface area contributed by atoms with Gasteiger partial charge in [0.2, 0.25) is 0 Å². The Morgan fingerprint density at radius 2 is 2.06 bits per heavy atom. The van der Waals surface area contributed by atoms with Crippen LogP contribution in [0.15, 0.2) is 48.8 Å². The summed E-state index contributed by atoms with van der Waals surface area (Å²) < 4.78 is 5.58. The van der Waals surface area contributed by atoms with Gasteiger partial charge in [0, 0.05) is 18.0 Å². The van der Waals surface area contributed by atoms with Gasteiger partial charge in [0.05, 0.1) is 0 Å². The molecular weight excluding hydrogens is 214 g/mol. The number of hydrogen-bond acceptors (Lipinski definition) is 3. The molecule has 88 valence electrons. The SMILES string of the molecule is Cc1ccccc1OCC(O)c1cccnc1. The molecule has 1 aromatic carbocycles. The number of hydrogen-bond donors (Lipinski definition) is 1. The van der Waals surface area contributed by atoms with Gasteiger partial charge >= 0.3 is 0 Å². The van der Waals surface area contributed by atoms with Crippen LogP contribution in [0.4, 0.5) is 0 Å². The maximum atomic E-state index is 9.91. The van der Waals surface area contributed by atoms with Gasteiger partial charge in [0.15, 0.2) is 0 Å². The van der Waals surface area contributed by atoms with Crippen LogP contribution in [0.3, 0.4) is 0 Å². The smallest absolute Gasteiger partial charge is 0.122 e. The average Bonchev–Trinajstić information content (AvgIpc) is 2.38. The summed E-state index contributed by atoms with van der Waals surface area (Å²) in [4.78, 5) is 3.96. The zero-order valence-corrected chi connectivity index (χ0v) is 9.71. The molecule has 1 atom stereocenters. The summed E-state index contributed by atoms with van der Waals surface area (Å²) in [5.74, 6) is 0.801. The van der Waals surface area contributed by atoms with Crippen molar-refractivity contribution in [2.75, 3.05) is 6.61 Å². The molecule has 1 aromatic heterocycles. The Kier molecular flexibility index (Phi) is 3.73. The number of pyridine rings is 1. The van der Waals surface area contributed by atoms with Crippen molar-refractivity contribution in [1.29, 1.82) is 0 Å². The second kappa shape index (κ2) is 5.46. The van der Waals surface area contributed by atoms with Crippen LogP contribution >= 0.6 is 0 Å². The van der Waals surface area contributed by atoms with Crippen LogP contribution in [0.25, 0.3) is 0 Å². The maximum absolute atomic E-state index is 9.91. The number of aryl methyl sites for hydroxylation is 1. The minimum absolute atomic E-state index is 0.233. The molecule has 3 heteroatoms. The Labute approximate surface area is 101 Å². The van der Waals surface area contributed by atoms with Crippen LogP contribution in [0.5, 0.6) is 5.75 Å². The molecule has 0 saturated heterocycles. The predicted molar refractivity (Wildman–Crippen MR) is 65.9 cm³/mol. The van der Waals surface area contributed by atoms with Crippen molar-refractivity contribution in [1.82, 2.24) is 4.98 Å². The minimum Gasteiger partial charge on any atom is -0.490 e. The third kappa shape index (κ3) is 3.04. The third-order valence-corrected chi connectivity index (χ3v) is 2.56. The minimum atomic E-state index is -0.650. The van der Waals surface area contributed by atoms with Crippen molar-refractivity contribution < 1.29 is 9.84 Å². The molecule has 1 N–H and O–H groups in total. The molecule has 0 spiro atoms. The summed E-state index contributed by atoms with van der Waals surface area (Å²) in [5, 5.41) is 9.91. The molecule has 0 bridgehead atoms. The molecule has 0 radical (unpaired) electrons. The molecule has 3 nitrogen and oxygen atoms in total. The highest BCUT2D eigenvalue weighted by Crippen LogP contribution is 2.19. The van der Waals surface area contributed by atoms with Crippen molar-refractivity contribution in [3.05, 3.63) is 59.9 Å². The van der Waals surface area contributed by atoms with Gasteiger partial charge in [-0.1, -0.05) is 24.3 Å². The molecular formula is C14H15NO2. The van der Waals surface area contributed by atoms with Crippen LogP contribution in [0, 0.1) is 6.92 Å². The standard InChI is InChI=1S/C14H15NO2/c1-11-5-2-3-7-14(11)17-10-13(16)12-6-4-8-15-9-12/h2-9,13,16H,10H2,1H3. The van der Waals surface area contributed by atoms with Gasteiger partial charge in [-0.15, -0.1) is 0 Å². The normalized spacial score (nSPS) is 12.1. The zero-order chi connectivity index (χ0) is 12.1. The van der Waals surface area contributed by atoms with Gasteiger partial charge in [-0.25, -0.2) is 0 Å². The molecule has 1 heterocycles. The first-order valence-electron chi connectivity index (χ1n) is 5.54. The monoisotopic (exact) mass is 229 g/mol. The Morgan fingerprint density at radius 3 is 2.76 bits per heavy atom. The van der Waals surface area contributed by atoms with E-state index < -0.39 is 6.10 Å². The quantitative estimate of drug-likeness (QED) is 0.875. The number of rotatable bonds is 4. The number of aromatic nitrogens is 1. The van der Waals surface area contributed by atoms with Gasteiger partial charge in [0.25, 0.3) is 0 Å². The summed E-state index contributed by atoms with van der Waals surface area (Å²) >= 11 is 0. The highest BCUT2D eigenvalue weighted by Gasteiger charge is 2.08. The highest BCUT2D eigenvalue weighted by atomic mass is 16.5. The third-order valence-electron chi connectivity index (χ3n) is 2.56. The van der Waals surface area contributed by atoms with Crippen LogP contribution in [-0.2, 0) is 0 Å². The zero-order valence-electron chi connectivity index (χ0n) is 9.71. The molecule has 2 aromatic rings. The first-order valence-corrected chi connectivity index (χ1v) is 5.54. The largest absolute Gasteiger partial charge is 0.490 e. The van der Waals surface area contributed by atoms with E-state index in [1.165, 1.54) is 0 Å². The molecule has 0 aliphatic rings. The summed E-state index contributed by atoms with van der Waals surface area (Å²) in [5.41, 5.74) is 1.83. The average molecular weight is 229 g/mol. The van der Waals surface area contributed by atoms with Crippen LogP contribution < -0.4 is 4.74 Å². The van der Waals surface area contributed by atoms with Crippen molar-refractivity contribution >= 4 is 0 Å². The fourth-order valence-corrected chi connectivity index (χ4v) is 1.56. The van der Waals surface area contributed by atoms with Crippen LogP contribution in [-0.4, -0.2) is 16.7 Å². The number of ether oxygens (including phenoxy) is 1. The van der Waals surface area contributed by atoms with Gasteiger partial charge < -0.3 is 9.84 Å². The van der Waals surface area contributed by atoms with Crippen LogP contribution in [0.2, 0.25) is 0 Å². The Morgan fingerprint density at radius 1 is 1.24 bits per heavy atom. The van der Waals surface area contributed by atoms with E-state index >= 15 is 0 Å². The van der Waals surface area contributed by atoms with E-state index in [2.05, 4.69) is 4.98 Å². The number of benzene rings is 1. The predicted octanol–water partition coefficient (Wildman–Crippen LogP) is 2.50. The molecule has 2 rings (SSSR count). The Balaban J connectivity index is 1.97. The van der Waals surface area contributed by atoms with Gasteiger partial charge in [-0.3, -0.25) is 4.98 Å². The summed E-state index contributed by atoms with van der Waals surface area (Å²) in [7, 11) is 0. The second-order valence-electron chi connectivity index (χ2n) is 3.88. The summed E-state index contributed by atoms with van der Waals surface area (Å²) in [6.45, 7) is 2.21. The first-order chi connectivity index (χ1) is 8.27. The molecule has 0 fully saturated rings. The molecule has 0 aliphatic carbocycles. The second-order valence-corrected chi connectivity index (χ2v) is 3.88. The van der Waals surface area contributed by atoms with E-state index in [9.17, 15) is 5.11 Å². The van der Waals surface area contributed by atoms with Crippen molar-refractivity contribution in [3.63, 3.8) is 0 Å². The van der Waals surface area contributed by atoms with Crippen molar-refractivity contribution in [2.24, 2.45) is 0 Å². The lowest BCUT2D eigenvalue weighted by molar-refractivity contribution is 0.107. The highest BCUT2D eigenvalue weighted by molar-refractivity contribution is 5.31. The number of aliphatic hydroxyl groups is 1. The Hall–Kier alpha value is -1.87. The van der Waals surface area contributed by atoms with E-state index in [-0.39, 0.29) is 6.61 Å². The fourth-order valence-electron chi connectivity index (χ4n) is 1.56. The van der Waals surface area contributed by atoms with E-state index in [1.807, 2.05) is 37.3 Å². The van der Waals surface area contributed by atoms with Crippen molar-refractivity contribution in [3.8, 4) is 5.75 Å². The number of para-hydroxylation sites is 1. The lowest BCUT2D eigenvalue weighted by Crippen LogP contribution is -2.10. The molecule has 1 unspecified atom stereocenters. The van der Waals surface area contributed by atoms with E-state index in [0.717, 1.165) is 16.9 Å². The molecule has 0 amide bonds. The van der Waals surface area contributed by atoms with E-state index in [4.69, 9.17) is 4.74 Å². The summed E-state index contributed by atoms with van der Waals surface area (Å²) in [6, 6.07) is 11.4. The van der Waals surface area contributed by atoms with Gasteiger partial charge in [-0.05, 0) is 24.6 Å². The Bertz CT molecular complexity index is 471. The molecule has 0 aliphatic heterocycles. The fraction of sp³-hybridized carbons (Fsp3) is 0.214. The number of nitrogens with zero attached hydrogens (tertiary/aromatic N) is 1. The lowest BCUT2D eigenvalue weighted by atomic mass is 10.2. The lowest BCUT2D eigenvalue weighted by Gasteiger charge is -2.13. The van der Waals surface area contributed by atoms with E-state index in [0.29, 0.717) is 0 Å². The van der Waals surface area contributed by atoms with Crippen LogP contribution in [0.1, 0.15) is 17.2 Å². The first kappa shape index (κ1) is 11.6. The molecule has 17 heavy (non-hydrogen) atoms. The number of aliphatic hydroxyl groups excluding tert-OH is 1. The summed E-state index contributed by atoms with van der Waals surface area (Å²) in [6.07, 6.45) is 2.67. The van der Waals surface area contributed by atoms with Crippen molar-refractivity contribution in [2.45, 2.75) is 13.0 Å². The topological polar surface area (TPSA) is 42.4 Å².